The standard InChI is InChI=1S/C22H30O7/c1-4-17(23)24-13-15-10-11-16(26-15)18-19(25-12-14-8-6-5-7-9-14)20-21(27-18)29-22(2,3)28-20/h5-9,15-16,18-21H,4,10-13H2,1-3H3/t15?,16-,18-,19+,20-,21-/m1/s1. The Morgan fingerprint density at radius 1 is 1.10 bits per heavy atom. The van der Waals surface area contributed by atoms with E-state index in [2.05, 4.69) is 0 Å². The predicted octanol–water partition coefficient (Wildman–Crippen LogP) is 2.95. The topological polar surface area (TPSA) is 72.5 Å². The number of hydrogen-bond acceptors (Lipinski definition) is 7. The summed E-state index contributed by atoms with van der Waals surface area (Å²) < 4.78 is 35.9. The van der Waals surface area contributed by atoms with E-state index in [4.69, 9.17) is 28.4 Å². The number of esters is 1. The van der Waals surface area contributed by atoms with Crippen LogP contribution < -0.4 is 0 Å². The molecule has 0 aliphatic carbocycles. The second kappa shape index (κ2) is 8.70. The molecule has 4 rings (SSSR count). The molecule has 0 spiro atoms. The number of fused-ring (bicyclic) bond motifs is 1. The molecule has 0 aromatic heterocycles. The molecular weight excluding hydrogens is 376 g/mol. The molecule has 0 bridgehead atoms. The van der Waals surface area contributed by atoms with Crippen LogP contribution >= 0.6 is 0 Å². The van der Waals surface area contributed by atoms with Gasteiger partial charge in [-0.15, -0.1) is 0 Å². The minimum atomic E-state index is -0.706. The first-order valence-electron chi connectivity index (χ1n) is 10.4. The van der Waals surface area contributed by atoms with E-state index in [1.54, 1.807) is 6.92 Å². The van der Waals surface area contributed by atoms with Crippen molar-refractivity contribution in [3.05, 3.63) is 35.9 Å². The molecule has 0 N–H and O–H groups in total. The first kappa shape index (κ1) is 20.8. The molecule has 0 amide bonds. The second-order valence-electron chi connectivity index (χ2n) is 8.24. The first-order valence-corrected chi connectivity index (χ1v) is 10.4. The van der Waals surface area contributed by atoms with Gasteiger partial charge in [0.2, 0.25) is 0 Å². The third kappa shape index (κ3) is 4.81. The average Bonchev–Trinajstić information content (AvgIpc) is 3.37. The summed E-state index contributed by atoms with van der Waals surface area (Å²) in [5.74, 6) is -0.918. The second-order valence-corrected chi connectivity index (χ2v) is 8.24. The highest BCUT2D eigenvalue weighted by atomic mass is 16.8. The largest absolute Gasteiger partial charge is 0.463 e. The average molecular weight is 406 g/mol. The lowest BCUT2D eigenvalue weighted by atomic mass is 10.0. The summed E-state index contributed by atoms with van der Waals surface area (Å²) in [5.41, 5.74) is 1.09. The molecule has 1 unspecified atom stereocenters. The van der Waals surface area contributed by atoms with E-state index >= 15 is 0 Å². The highest BCUT2D eigenvalue weighted by Crippen LogP contribution is 2.42. The summed E-state index contributed by atoms with van der Waals surface area (Å²) >= 11 is 0. The molecule has 160 valence electrons. The van der Waals surface area contributed by atoms with Crippen LogP contribution in [0.25, 0.3) is 0 Å². The van der Waals surface area contributed by atoms with Gasteiger partial charge in [0.25, 0.3) is 0 Å². The molecule has 3 aliphatic heterocycles. The molecular formula is C22H30O7. The molecule has 3 heterocycles. The van der Waals surface area contributed by atoms with Crippen LogP contribution in [0.1, 0.15) is 45.6 Å². The van der Waals surface area contributed by atoms with Gasteiger partial charge in [-0.25, -0.2) is 0 Å². The number of hydrogen-bond donors (Lipinski definition) is 0. The fourth-order valence-corrected chi connectivity index (χ4v) is 4.15. The van der Waals surface area contributed by atoms with Crippen molar-refractivity contribution in [3.8, 4) is 0 Å². The van der Waals surface area contributed by atoms with Crippen LogP contribution in [0.5, 0.6) is 0 Å². The zero-order valence-electron chi connectivity index (χ0n) is 17.2. The van der Waals surface area contributed by atoms with Crippen molar-refractivity contribution in [2.24, 2.45) is 0 Å². The van der Waals surface area contributed by atoms with Gasteiger partial charge in [0.15, 0.2) is 12.1 Å². The molecule has 1 aromatic rings. The van der Waals surface area contributed by atoms with Crippen molar-refractivity contribution in [2.45, 2.75) is 89.2 Å². The Morgan fingerprint density at radius 2 is 1.90 bits per heavy atom. The van der Waals surface area contributed by atoms with Crippen molar-refractivity contribution >= 4 is 5.97 Å². The summed E-state index contributed by atoms with van der Waals surface area (Å²) in [7, 11) is 0. The Hall–Kier alpha value is -1.51. The molecule has 3 fully saturated rings. The van der Waals surface area contributed by atoms with Crippen LogP contribution in [0.3, 0.4) is 0 Å². The monoisotopic (exact) mass is 406 g/mol. The highest BCUT2D eigenvalue weighted by Gasteiger charge is 2.58. The zero-order chi connectivity index (χ0) is 20.4. The summed E-state index contributed by atoms with van der Waals surface area (Å²) in [6.07, 6.45) is 0.346. The minimum Gasteiger partial charge on any atom is -0.463 e. The minimum absolute atomic E-state index is 0.118. The Morgan fingerprint density at radius 3 is 2.66 bits per heavy atom. The number of rotatable bonds is 7. The molecule has 7 nitrogen and oxygen atoms in total. The Kier molecular flexibility index (Phi) is 6.22. The van der Waals surface area contributed by atoms with Crippen LogP contribution in [-0.2, 0) is 39.8 Å². The van der Waals surface area contributed by atoms with E-state index in [1.165, 1.54) is 0 Å². The third-order valence-corrected chi connectivity index (χ3v) is 5.54. The quantitative estimate of drug-likeness (QED) is 0.645. The van der Waals surface area contributed by atoms with Gasteiger partial charge >= 0.3 is 5.97 Å². The van der Waals surface area contributed by atoms with Crippen molar-refractivity contribution in [3.63, 3.8) is 0 Å². The van der Waals surface area contributed by atoms with Crippen molar-refractivity contribution in [2.75, 3.05) is 6.61 Å². The number of ether oxygens (including phenoxy) is 6. The molecule has 29 heavy (non-hydrogen) atoms. The lowest BCUT2D eigenvalue weighted by Crippen LogP contribution is -2.42. The molecule has 6 atom stereocenters. The van der Waals surface area contributed by atoms with Gasteiger partial charge in [0.1, 0.15) is 24.9 Å². The van der Waals surface area contributed by atoms with Crippen LogP contribution in [0, 0.1) is 0 Å². The van der Waals surface area contributed by atoms with E-state index in [0.29, 0.717) is 13.0 Å². The highest BCUT2D eigenvalue weighted by molar-refractivity contribution is 5.68. The maximum absolute atomic E-state index is 11.4. The maximum Gasteiger partial charge on any atom is 0.305 e. The number of carbonyl (C=O) groups is 1. The van der Waals surface area contributed by atoms with E-state index in [0.717, 1.165) is 18.4 Å². The summed E-state index contributed by atoms with van der Waals surface area (Å²) in [4.78, 5) is 11.4. The molecule has 0 radical (unpaired) electrons. The van der Waals surface area contributed by atoms with Crippen molar-refractivity contribution < 1.29 is 33.2 Å². The van der Waals surface area contributed by atoms with Crippen molar-refractivity contribution in [1.29, 1.82) is 0 Å². The van der Waals surface area contributed by atoms with E-state index in [1.807, 2.05) is 44.2 Å². The van der Waals surface area contributed by atoms with Gasteiger partial charge in [-0.05, 0) is 32.3 Å². The summed E-state index contributed by atoms with van der Waals surface area (Å²) in [6, 6.07) is 10.0. The predicted molar refractivity (Wildman–Crippen MR) is 103 cm³/mol. The van der Waals surface area contributed by atoms with Crippen LogP contribution in [0.2, 0.25) is 0 Å². The SMILES string of the molecule is CCC(=O)OCC1CC[C@H]([C@H]2O[C@@H]3OC(C)(C)O[C@@H]3[C@H]2OCc2ccccc2)O1. The van der Waals surface area contributed by atoms with Crippen LogP contribution in [0.4, 0.5) is 0 Å². The fraction of sp³-hybridized carbons (Fsp3) is 0.682. The fourth-order valence-electron chi connectivity index (χ4n) is 4.15. The Labute approximate surface area is 171 Å². The van der Waals surface area contributed by atoms with Gasteiger partial charge in [-0.3, -0.25) is 4.79 Å². The van der Waals surface area contributed by atoms with Gasteiger partial charge in [0.05, 0.1) is 18.8 Å². The zero-order valence-corrected chi connectivity index (χ0v) is 17.2. The normalized spacial score (nSPS) is 35.6. The lowest BCUT2D eigenvalue weighted by molar-refractivity contribution is -0.233. The number of benzene rings is 1. The van der Waals surface area contributed by atoms with Gasteiger partial charge in [-0.1, -0.05) is 37.3 Å². The molecule has 3 aliphatic rings. The van der Waals surface area contributed by atoms with Gasteiger partial charge in [0, 0.05) is 6.42 Å². The van der Waals surface area contributed by atoms with E-state index in [9.17, 15) is 4.79 Å². The molecule has 1 aromatic carbocycles. The molecule has 0 saturated carbocycles. The Bertz CT molecular complexity index is 692. The maximum atomic E-state index is 11.4. The number of carbonyl (C=O) groups excluding carboxylic acids is 1. The van der Waals surface area contributed by atoms with Crippen molar-refractivity contribution in [1.82, 2.24) is 0 Å². The van der Waals surface area contributed by atoms with Gasteiger partial charge < -0.3 is 28.4 Å². The van der Waals surface area contributed by atoms with E-state index < -0.39 is 12.1 Å². The first-order chi connectivity index (χ1) is 13.9. The Balaban J connectivity index is 1.40. The summed E-state index contributed by atoms with van der Waals surface area (Å²) in [5, 5.41) is 0. The van der Waals surface area contributed by atoms with E-state index in [-0.39, 0.29) is 43.1 Å². The smallest absolute Gasteiger partial charge is 0.305 e. The van der Waals surface area contributed by atoms with Crippen LogP contribution in [0.15, 0.2) is 30.3 Å². The lowest BCUT2D eigenvalue weighted by Gasteiger charge is -2.29. The summed E-state index contributed by atoms with van der Waals surface area (Å²) in [6.45, 7) is 6.27. The molecule has 3 saturated heterocycles. The van der Waals surface area contributed by atoms with Gasteiger partial charge in [-0.2, -0.15) is 0 Å². The third-order valence-electron chi connectivity index (χ3n) is 5.54. The molecule has 7 heteroatoms. The van der Waals surface area contributed by atoms with Crippen LogP contribution in [-0.4, -0.2) is 55.2 Å².